The summed E-state index contributed by atoms with van der Waals surface area (Å²) in [7, 11) is 1.56. The topological polar surface area (TPSA) is 97.2 Å². The molecular weight excluding hydrogens is 286 g/mol. The lowest BCUT2D eigenvalue weighted by atomic mass is 10.1. The third kappa shape index (κ3) is 2.32. The number of aromatic amines is 1. The van der Waals surface area contributed by atoms with Gasteiger partial charge in [-0.25, -0.2) is 4.98 Å². The van der Waals surface area contributed by atoms with Crippen molar-refractivity contribution in [3.63, 3.8) is 0 Å². The normalized spacial score (nSPS) is 10.6. The number of rotatable bonds is 3. The van der Waals surface area contributed by atoms with Gasteiger partial charge in [0.1, 0.15) is 16.9 Å². The number of benzene rings is 1. The second kappa shape index (κ2) is 5.36. The number of fused-ring (bicyclic) bond motifs is 1. The number of carbonyl (C=O) groups excluding carboxylic acids is 1. The first-order valence-corrected chi connectivity index (χ1v) is 6.52. The van der Waals surface area contributed by atoms with Crippen molar-refractivity contribution in [1.29, 1.82) is 0 Å². The molecule has 0 radical (unpaired) electrons. The van der Waals surface area contributed by atoms with Gasteiger partial charge in [-0.05, 0) is 31.2 Å². The molecule has 7 heteroatoms. The monoisotopic (exact) mass is 299 g/mol. The number of anilines is 1. The Morgan fingerprint density at radius 2 is 2.05 bits per heavy atom. The molecule has 0 saturated carbocycles. The van der Waals surface area contributed by atoms with Crippen molar-refractivity contribution in [2.24, 2.45) is 0 Å². The standard InChI is InChI=1S/C15H13N3O4/c1-8-11(12-13(19)16-7-17-15(12)22-8)14(20)18-9-3-5-10(21-2)6-4-9/h3-7H,1-2H3,(H,18,20)(H,16,17,19). The van der Waals surface area contributed by atoms with Gasteiger partial charge in [0.2, 0.25) is 5.71 Å². The quantitative estimate of drug-likeness (QED) is 0.771. The van der Waals surface area contributed by atoms with Crippen LogP contribution in [0.15, 0.2) is 39.8 Å². The van der Waals surface area contributed by atoms with Crippen LogP contribution in [0, 0.1) is 6.92 Å². The van der Waals surface area contributed by atoms with E-state index in [1.165, 1.54) is 6.33 Å². The third-order valence-electron chi connectivity index (χ3n) is 3.25. The Morgan fingerprint density at radius 3 is 2.73 bits per heavy atom. The SMILES string of the molecule is COc1ccc(NC(=O)c2c(C)oc3nc[nH]c(=O)c23)cc1. The molecule has 2 heterocycles. The molecular formula is C15H13N3O4. The maximum absolute atomic E-state index is 12.4. The number of carbonyl (C=O) groups is 1. The van der Waals surface area contributed by atoms with E-state index >= 15 is 0 Å². The molecule has 3 rings (SSSR count). The summed E-state index contributed by atoms with van der Waals surface area (Å²) in [6.07, 6.45) is 1.23. The Morgan fingerprint density at radius 1 is 1.32 bits per heavy atom. The van der Waals surface area contributed by atoms with Gasteiger partial charge in [-0.1, -0.05) is 0 Å². The molecule has 112 valence electrons. The maximum atomic E-state index is 12.4. The van der Waals surface area contributed by atoms with E-state index in [2.05, 4.69) is 15.3 Å². The molecule has 2 aromatic heterocycles. The number of H-pyrrole nitrogens is 1. The summed E-state index contributed by atoms with van der Waals surface area (Å²) >= 11 is 0. The highest BCUT2D eigenvalue weighted by molar-refractivity contribution is 6.12. The fourth-order valence-corrected chi connectivity index (χ4v) is 2.19. The van der Waals surface area contributed by atoms with E-state index in [0.717, 1.165) is 0 Å². The predicted molar refractivity (Wildman–Crippen MR) is 80.3 cm³/mol. The zero-order chi connectivity index (χ0) is 15.7. The van der Waals surface area contributed by atoms with Crippen molar-refractivity contribution >= 4 is 22.7 Å². The van der Waals surface area contributed by atoms with E-state index in [0.29, 0.717) is 17.2 Å². The number of hydrogen-bond donors (Lipinski definition) is 2. The molecule has 0 unspecified atom stereocenters. The average Bonchev–Trinajstić information content (AvgIpc) is 2.85. The van der Waals surface area contributed by atoms with Crippen LogP contribution in [0.1, 0.15) is 16.1 Å². The lowest BCUT2D eigenvalue weighted by Crippen LogP contribution is -2.16. The maximum Gasteiger partial charge on any atom is 0.262 e. The van der Waals surface area contributed by atoms with Crippen LogP contribution in [0.4, 0.5) is 5.69 Å². The number of hydrogen-bond acceptors (Lipinski definition) is 5. The van der Waals surface area contributed by atoms with Crippen LogP contribution in [0.25, 0.3) is 11.1 Å². The highest BCUT2D eigenvalue weighted by atomic mass is 16.5. The van der Waals surface area contributed by atoms with Crippen molar-refractivity contribution in [2.75, 3.05) is 12.4 Å². The van der Waals surface area contributed by atoms with Crippen molar-refractivity contribution in [3.05, 3.63) is 52.3 Å². The molecule has 0 aliphatic heterocycles. The van der Waals surface area contributed by atoms with E-state index in [1.54, 1.807) is 38.3 Å². The lowest BCUT2D eigenvalue weighted by molar-refractivity contribution is 0.102. The highest BCUT2D eigenvalue weighted by Gasteiger charge is 2.21. The molecule has 7 nitrogen and oxygen atoms in total. The summed E-state index contributed by atoms with van der Waals surface area (Å²) in [6, 6.07) is 6.86. The van der Waals surface area contributed by atoms with Crippen LogP contribution in [0.2, 0.25) is 0 Å². The fourth-order valence-electron chi connectivity index (χ4n) is 2.19. The van der Waals surface area contributed by atoms with E-state index in [9.17, 15) is 9.59 Å². The largest absolute Gasteiger partial charge is 0.497 e. The number of nitrogens with one attached hydrogen (secondary N) is 2. The highest BCUT2D eigenvalue weighted by Crippen LogP contribution is 2.22. The van der Waals surface area contributed by atoms with E-state index < -0.39 is 11.5 Å². The van der Waals surface area contributed by atoms with Crippen LogP contribution >= 0.6 is 0 Å². The first-order valence-electron chi connectivity index (χ1n) is 6.52. The number of furan rings is 1. The molecule has 0 spiro atoms. The third-order valence-corrected chi connectivity index (χ3v) is 3.25. The Balaban J connectivity index is 1.98. The number of ether oxygens (including phenoxy) is 1. The summed E-state index contributed by atoms with van der Waals surface area (Å²) in [5, 5.41) is 2.87. The summed E-state index contributed by atoms with van der Waals surface area (Å²) in [5.41, 5.74) is 0.489. The second-order valence-electron chi connectivity index (χ2n) is 4.63. The molecule has 0 atom stereocenters. The Bertz CT molecular complexity index is 893. The van der Waals surface area contributed by atoms with Gasteiger partial charge in [0, 0.05) is 5.69 Å². The molecule has 0 bridgehead atoms. The minimum Gasteiger partial charge on any atom is -0.497 e. The predicted octanol–water partition coefficient (Wildman–Crippen LogP) is 2.09. The second-order valence-corrected chi connectivity index (χ2v) is 4.63. The molecule has 0 aliphatic carbocycles. The van der Waals surface area contributed by atoms with Gasteiger partial charge in [-0.3, -0.25) is 9.59 Å². The number of methoxy groups -OCH3 is 1. The van der Waals surface area contributed by atoms with Crippen molar-refractivity contribution in [1.82, 2.24) is 9.97 Å². The molecule has 0 saturated heterocycles. The van der Waals surface area contributed by atoms with E-state index in [4.69, 9.17) is 9.15 Å². The Hall–Kier alpha value is -3.09. The Labute approximate surface area is 124 Å². The van der Waals surface area contributed by atoms with Gasteiger partial charge in [0.05, 0.1) is 19.0 Å². The van der Waals surface area contributed by atoms with Crippen molar-refractivity contribution < 1.29 is 13.9 Å². The van der Waals surface area contributed by atoms with Gasteiger partial charge >= 0.3 is 0 Å². The van der Waals surface area contributed by atoms with Crippen LogP contribution in [0.5, 0.6) is 5.75 Å². The zero-order valence-electron chi connectivity index (χ0n) is 12.0. The van der Waals surface area contributed by atoms with Gasteiger partial charge in [-0.2, -0.15) is 0 Å². The summed E-state index contributed by atoms with van der Waals surface area (Å²) in [5.74, 6) is 0.591. The molecule has 3 aromatic rings. The number of amides is 1. The van der Waals surface area contributed by atoms with E-state index in [-0.39, 0.29) is 16.7 Å². The first-order chi connectivity index (χ1) is 10.6. The molecule has 0 fully saturated rings. The average molecular weight is 299 g/mol. The molecule has 2 N–H and O–H groups in total. The molecule has 0 aliphatic rings. The smallest absolute Gasteiger partial charge is 0.262 e. The van der Waals surface area contributed by atoms with E-state index in [1.807, 2.05) is 0 Å². The van der Waals surface area contributed by atoms with Crippen LogP contribution < -0.4 is 15.6 Å². The molecule has 1 aromatic carbocycles. The molecule has 1 amide bonds. The van der Waals surface area contributed by atoms with Gasteiger partial charge in [0.15, 0.2) is 0 Å². The first kappa shape index (κ1) is 13.9. The van der Waals surface area contributed by atoms with Gasteiger partial charge < -0.3 is 19.5 Å². The van der Waals surface area contributed by atoms with Crippen LogP contribution in [-0.4, -0.2) is 23.0 Å². The minimum absolute atomic E-state index is 0.140. The van der Waals surface area contributed by atoms with Crippen LogP contribution in [0.3, 0.4) is 0 Å². The summed E-state index contributed by atoms with van der Waals surface area (Å²) < 4.78 is 10.4. The number of aromatic nitrogens is 2. The number of aryl methyl sites for hydroxylation is 1. The minimum atomic E-state index is -0.431. The fraction of sp³-hybridized carbons (Fsp3) is 0.133. The van der Waals surface area contributed by atoms with Gasteiger partial charge in [-0.15, -0.1) is 0 Å². The molecule has 22 heavy (non-hydrogen) atoms. The number of nitrogens with zero attached hydrogens (tertiary/aromatic N) is 1. The summed E-state index contributed by atoms with van der Waals surface area (Å²) in [4.78, 5) is 30.7. The Kier molecular flexibility index (Phi) is 3.38. The lowest BCUT2D eigenvalue weighted by Gasteiger charge is -2.05. The summed E-state index contributed by atoms with van der Waals surface area (Å²) in [6.45, 7) is 1.62. The van der Waals surface area contributed by atoms with Crippen molar-refractivity contribution in [2.45, 2.75) is 6.92 Å². The van der Waals surface area contributed by atoms with Crippen LogP contribution in [-0.2, 0) is 0 Å². The van der Waals surface area contributed by atoms with Gasteiger partial charge in [0.25, 0.3) is 11.5 Å². The zero-order valence-corrected chi connectivity index (χ0v) is 12.0. The van der Waals surface area contributed by atoms with Crippen molar-refractivity contribution in [3.8, 4) is 5.75 Å².